The number of hydrogen-bond acceptors (Lipinski definition) is 6. The molecule has 2 fully saturated rings. The summed E-state index contributed by atoms with van der Waals surface area (Å²) in [4.78, 5) is 4.70. The predicted molar refractivity (Wildman–Crippen MR) is 193 cm³/mol. The van der Waals surface area contributed by atoms with Gasteiger partial charge in [0.1, 0.15) is 16.6 Å². The summed E-state index contributed by atoms with van der Waals surface area (Å²) in [5.41, 5.74) is 1.71. The maximum absolute atomic E-state index is 10.7. The van der Waals surface area contributed by atoms with E-state index in [9.17, 15) is 9.11 Å². The van der Waals surface area contributed by atoms with Crippen molar-refractivity contribution in [1.82, 2.24) is 4.98 Å². The second kappa shape index (κ2) is 19.2. The van der Waals surface area contributed by atoms with E-state index in [1.54, 1.807) is 6.07 Å². The molecule has 1 heterocycles. The molecule has 2 aliphatic carbocycles. The molecule has 2 aromatic carbocycles. The molecule has 256 valence electrons. The summed E-state index contributed by atoms with van der Waals surface area (Å²) in [6.07, 6.45) is 27.9. The fourth-order valence-electron chi connectivity index (χ4n) is 7.22. The van der Waals surface area contributed by atoms with E-state index < -0.39 is 10.9 Å². The molecule has 3 aromatic rings. The molecule has 0 bridgehead atoms. The number of benzene rings is 2. The van der Waals surface area contributed by atoms with E-state index >= 15 is 0 Å². The number of ether oxygens (including phenoxy) is 2. The number of rotatable bonds is 21. The number of hydrogen-bond donors (Lipinski definition) is 2. The van der Waals surface area contributed by atoms with Crippen LogP contribution in [0.15, 0.2) is 48.5 Å². The monoisotopic (exact) mass is 653 g/mol. The van der Waals surface area contributed by atoms with E-state index in [1.165, 1.54) is 116 Å². The molecule has 1 atom stereocenters. The average Bonchev–Trinajstić information content (AvgIpc) is 3.57. The van der Waals surface area contributed by atoms with E-state index in [2.05, 4.69) is 0 Å². The fraction of sp³-hybridized carbons (Fsp3) is 0.667. The lowest BCUT2D eigenvalue weighted by Gasteiger charge is -2.29. The number of pyridine rings is 1. The quantitative estimate of drug-likeness (QED) is 0.0676. The lowest BCUT2D eigenvalue weighted by atomic mass is 9.98. The van der Waals surface area contributed by atoms with E-state index in [1.807, 2.05) is 42.5 Å². The standard InChI is InChI=1S/C39H59NO5S/c41-46(42,45-38-28-20-27-37-35(38)31-32-21-15-18-26-36(32)40-37)30-19-10-8-6-4-2-1-3-5-7-9-14-29-39(44-34-24-16-17-25-34)43-33-22-12-11-13-23-33/h15,18,20-21,26-28,31,33-34,39,41-42H,1-14,16-17,19,22-25,29-30H2. The summed E-state index contributed by atoms with van der Waals surface area (Å²) < 4.78 is 40.0. The molecule has 2 saturated carbocycles. The maximum atomic E-state index is 10.7. The largest absolute Gasteiger partial charge is 0.402 e. The van der Waals surface area contributed by atoms with Gasteiger partial charge < -0.3 is 13.7 Å². The molecule has 7 heteroatoms. The molecule has 1 aromatic heterocycles. The van der Waals surface area contributed by atoms with Gasteiger partial charge in [-0.2, -0.15) is 0 Å². The highest BCUT2D eigenvalue weighted by Gasteiger charge is 2.24. The van der Waals surface area contributed by atoms with Crippen molar-refractivity contribution >= 4 is 32.7 Å². The number of para-hydroxylation sites is 1. The van der Waals surface area contributed by atoms with Crippen LogP contribution in [0.25, 0.3) is 21.8 Å². The van der Waals surface area contributed by atoms with Crippen molar-refractivity contribution in [3.8, 4) is 5.75 Å². The number of aromatic nitrogens is 1. The van der Waals surface area contributed by atoms with Gasteiger partial charge in [0.15, 0.2) is 6.29 Å². The van der Waals surface area contributed by atoms with Crippen LogP contribution in [-0.4, -0.2) is 38.3 Å². The average molecular weight is 654 g/mol. The third kappa shape index (κ3) is 12.0. The third-order valence-electron chi connectivity index (χ3n) is 9.89. The third-order valence-corrected chi connectivity index (χ3v) is 11.2. The summed E-state index contributed by atoms with van der Waals surface area (Å²) in [6, 6.07) is 15.5. The second-order valence-corrected chi connectivity index (χ2v) is 15.6. The molecule has 2 aliphatic rings. The van der Waals surface area contributed by atoms with Crippen molar-refractivity contribution in [3.05, 3.63) is 48.5 Å². The van der Waals surface area contributed by atoms with Crippen molar-refractivity contribution in [2.75, 3.05) is 5.75 Å². The molecule has 6 nitrogen and oxygen atoms in total. The Hall–Kier alpha value is -1.90. The number of nitrogens with zero attached hydrogens (tertiary/aromatic N) is 1. The van der Waals surface area contributed by atoms with Crippen molar-refractivity contribution in [3.63, 3.8) is 0 Å². The van der Waals surface area contributed by atoms with Crippen LogP contribution in [0.2, 0.25) is 0 Å². The Morgan fingerprint density at radius 1 is 0.630 bits per heavy atom. The fourth-order valence-corrected chi connectivity index (χ4v) is 8.32. The van der Waals surface area contributed by atoms with E-state index in [0.717, 1.165) is 47.5 Å². The summed E-state index contributed by atoms with van der Waals surface area (Å²) in [6.45, 7) is 0. The van der Waals surface area contributed by atoms with Gasteiger partial charge in [-0.15, -0.1) is 0 Å². The minimum Gasteiger partial charge on any atom is -0.402 e. The van der Waals surface area contributed by atoms with Crippen molar-refractivity contribution < 1.29 is 22.8 Å². The lowest BCUT2D eigenvalue weighted by Crippen LogP contribution is -2.29. The van der Waals surface area contributed by atoms with E-state index in [0.29, 0.717) is 18.0 Å². The van der Waals surface area contributed by atoms with Gasteiger partial charge in [-0.05, 0) is 69.2 Å². The Kier molecular flexibility index (Phi) is 14.8. The Morgan fingerprint density at radius 3 is 1.83 bits per heavy atom. The zero-order valence-electron chi connectivity index (χ0n) is 28.1. The highest BCUT2D eigenvalue weighted by Crippen LogP contribution is 2.44. The predicted octanol–water partition coefficient (Wildman–Crippen LogP) is 12.1. The molecule has 1 unspecified atom stereocenters. The zero-order chi connectivity index (χ0) is 31.9. The minimum atomic E-state index is -3.15. The molecule has 0 amide bonds. The van der Waals surface area contributed by atoms with E-state index in [-0.39, 0.29) is 12.0 Å². The molecule has 2 N–H and O–H groups in total. The summed E-state index contributed by atoms with van der Waals surface area (Å²) in [7, 11) is -3.15. The van der Waals surface area contributed by atoms with Gasteiger partial charge in [-0.3, -0.25) is 9.11 Å². The van der Waals surface area contributed by atoms with Gasteiger partial charge >= 0.3 is 0 Å². The van der Waals surface area contributed by atoms with Crippen LogP contribution in [0, 0.1) is 0 Å². The van der Waals surface area contributed by atoms with Crippen LogP contribution in [0.1, 0.15) is 141 Å². The van der Waals surface area contributed by atoms with Crippen LogP contribution in [-0.2, 0) is 9.47 Å². The van der Waals surface area contributed by atoms with Crippen LogP contribution < -0.4 is 4.18 Å². The van der Waals surface area contributed by atoms with Crippen molar-refractivity contribution in [2.24, 2.45) is 0 Å². The molecule has 46 heavy (non-hydrogen) atoms. The first-order chi connectivity index (χ1) is 22.6. The Balaban J connectivity index is 0.872. The van der Waals surface area contributed by atoms with Gasteiger partial charge in [-0.25, -0.2) is 4.98 Å². The van der Waals surface area contributed by atoms with Crippen molar-refractivity contribution in [1.29, 1.82) is 0 Å². The van der Waals surface area contributed by atoms with Gasteiger partial charge in [0.05, 0.1) is 29.0 Å². The highest BCUT2D eigenvalue weighted by molar-refractivity contribution is 8.20. The Labute approximate surface area is 279 Å². The second-order valence-electron chi connectivity index (χ2n) is 13.8. The SMILES string of the molecule is OS(O)(CCCCCCCCCCCCCCC(OC1CCCCC1)OC1CCCC1)Oc1cccc2nc3ccccc3cc12. The molecule has 0 spiro atoms. The highest BCUT2D eigenvalue weighted by atomic mass is 32.3. The topological polar surface area (TPSA) is 81.0 Å². The zero-order valence-corrected chi connectivity index (χ0v) is 28.9. The molecule has 0 aliphatic heterocycles. The van der Waals surface area contributed by atoms with Gasteiger partial charge in [0.25, 0.3) is 0 Å². The first-order valence-electron chi connectivity index (χ1n) is 18.6. The molecular weight excluding hydrogens is 594 g/mol. The first kappa shape index (κ1) is 35.4. The summed E-state index contributed by atoms with van der Waals surface area (Å²) >= 11 is 0. The summed E-state index contributed by atoms with van der Waals surface area (Å²) in [5.74, 6) is 0.752. The number of unbranched alkanes of at least 4 members (excludes halogenated alkanes) is 11. The smallest absolute Gasteiger partial charge is 0.158 e. The normalized spacial score (nSPS) is 17.6. The summed E-state index contributed by atoms with van der Waals surface area (Å²) in [5, 5.41) is 1.81. The van der Waals surface area contributed by atoms with Gasteiger partial charge in [-0.1, -0.05) is 121 Å². The maximum Gasteiger partial charge on any atom is 0.158 e. The van der Waals surface area contributed by atoms with Crippen molar-refractivity contribution in [2.45, 2.75) is 160 Å². The van der Waals surface area contributed by atoms with Crippen LogP contribution in [0.4, 0.5) is 0 Å². The lowest BCUT2D eigenvalue weighted by molar-refractivity contribution is -0.201. The van der Waals surface area contributed by atoms with Gasteiger partial charge in [0.2, 0.25) is 0 Å². The number of fused-ring (bicyclic) bond motifs is 2. The van der Waals surface area contributed by atoms with Crippen LogP contribution in [0.3, 0.4) is 0 Å². The van der Waals surface area contributed by atoms with Crippen LogP contribution >= 0.6 is 10.9 Å². The Morgan fingerprint density at radius 2 is 1.17 bits per heavy atom. The molecule has 0 radical (unpaired) electrons. The van der Waals surface area contributed by atoms with Crippen LogP contribution in [0.5, 0.6) is 5.75 Å². The van der Waals surface area contributed by atoms with E-state index in [4.69, 9.17) is 18.6 Å². The first-order valence-corrected chi connectivity index (χ1v) is 20.2. The Bertz CT molecular complexity index is 1290. The minimum absolute atomic E-state index is 0.0224. The molecule has 5 rings (SSSR count). The molecular formula is C39H59NO5S. The van der Waals surface area contributed by atoms with Gasteiger partial charge in [0, 0.05) is 10.8 Å². The molecule has 0 saturated heterocycles.